The third kappa shape index (κ3) is 6.18. The predicted octanol–water partition coefficient (Wildman–Crippen LogP) is 6.58. The van der Waals surface area contributed by atoms with Crippen LogP contribution in [0.4, 0.5) is 5.69 Å². The van der Waals surface area contributed by atoms with Crippen LogP contribution in [0.1, 0.15) is 80.3 Å². The lowest BCUT2D eigenvalue weighted by molar-refractivity contribution is -0.0466. The molecule has 0 aromatic heterocycles. The number of allylic oxidation sites excluding steroid dienone is 1. The van der Waals surface area contributed by atoms with Crippen LogP contribution >= 0.6 is 11.6 Å². The molecule has 2 aliphatic carbocycles. The second-order valence-corrected chi connectivity index (χ2v) is 15.5. The molecule has 5 atom stereocenters. The van der Waals surface area contributed by atoms with Gasteiger partial charge in [-0.25, -0.2) is 13.1 Å². The number of hydrogen-bond donors (Lipinski definition) is 2. The molecular weight excluding hydrogens is 596 g/mol. The van der Waals surface area contributed by atoms with Gasteiger partial charge in [0.2, 0.25) is 10.0 Å². The van der Waals surface area contributed by atoms with Crippen LogP contribution in [0.2, 0.25) is 5.02 Å². The van der Waals surface area contributed by atoms with Crippen molar-refractivity contribution in [1.82, 2.24) is 4.72 Å². The summed E-state index contributed by atoms with van der Waals surface area (Å²) >= 11 is 6.40. The molecule has 1 amide bonds. The zero-order valence-electron chi connectivity index (χ0n) is 25.9. The number of aryl methyl sites for hydroxylation is 1. The van der Waals surface area contributed by atoms with Crippen LogP contribution in [0.15, 0.2) is 61.7 Å². The molecule has 2 unspecified atom stereocenters. The molecule has 0 bridgehead atoms. The Morgan fingerprint density at radius 3 is 2.73 bits per heavy atom. The molecule has 2 N–H and O–H groups in total. The number of nitrogens with zero attached hydrogens (tertiary/aromatic N) is 1. The second kappa shape index (κ2) is 12.9. The summed E-state index contributed by atoms with van der Waals surface area (Å²) in [6, 6.07) is 11.3. The van der Waals surface area contributed by atoms with Crippen molar-refractivity contribution in [3.63, 3.8) is 0 Å². The number of hydrogen-bond acceptors (Lipinski definition) is 6. The van der Waals surface area contributed by atoms with E-state index in [2.05, 4.69) is 41.8 Å². The molecule has 1 spiro atoms. The number of amides is 1. The van der Waals surface area contributed by atoms with Gasteiger partial charge in [-0.1, -0.05) is 43.7 Å². The van der Waals surface area contributed by atoms with Gasteiger partial charge in [-0.3, -0.25) is 4.79 Å². The molecule has 1 fully saturated rings. The number of rotatable bonds is 11. The average molecular weight is 641 g/mol. The van der Waals surface area contributed by atoms with Crippen molar-refractivity contribution in [3.05, 3.63) is 83.4 Å². The van der Waals surface area contributed by atoms with E-state index in [9.17, 15) is 18.3 Å². The van der Waals surface area contributed by atoms with Crippen molar-refractivity contribution < 1.29 is 23.1 Å². The van der Waals surface area contributed by atoms with Crippen molar-refractivity contribution in [1.29, 1.82) is 0 Å². The Kier molecular flexibility index (Phi) is 9.55. The smallest absolute Gasteiger partial charge is 0.264 e. The van der Waals surface area contributed by atoms with Crippen molar-refractivity contribution in [3.8, 4) is 5.75 Å². The van der Waals surface area contributed by atoms with E-state index >= 15 is 0 Å². The fourth-order valence-electron chi connectivity index (χ4n) is 7.44. The van der Waals surface area contributed by atoms with Gasteiger partial charge in [0.05, 0.1) is 23.6 Å². The van der Waals surface area contributed by atoms with E-state index in [0.717, 1.165) is 42.8 Å². The van der Waals surface area contributed by atoms with Gasteiger partial charge in [0.15, 0.2) is 0 Å². The Morgan fingerprint density at radius 1 is 1.25 bits per heavy atom. The third-order valence-corrected chi connectivity index (χ3v) is 12.6. The fraction of sp³-hybridized carbons (Fsp3) is 0.514. The summed E-state index contributed by atoms with van der Waals surface area (Å²) in [5, 5.41) is 10.9. The van der Waals surface area contributed by atoms with Gasteiger partial charge in [-0.15, -0.1) is 13.2 Å². The molecule has 1 aliphatic heterocycles. The first-order chi connectivity index (χ1) is 21.0. The first-order valence-electron chi connectivity index (χ1n) is 15.7. The lowest BCUT2D eigenvalue weighted by atomic mass is 9.58. The predicted molar refractivity (Wildman–Crippen MR) is 177 cm³/mol. The quantitative estimate of drug-likeness (QED) is 0.269. The standard InChI is InChI=1S/C35H45ClN2O5S/c1-5-8-11-28(6-2)44(41,42)37-33(40)25-12-15-31-30(20-25)38(21-26-16-18-34(26,4)32(39)7-3)22-35(23-43-31)17-9-10-24-19-27(36)13-14-29(24)35/h5,7,12-15,19-20,26,28,32,39H,1,3,6,8-11,16-18,21-23H2,2,4H3,(H,37,40)/t26-,28?,32?,34+,35+/m1/s1. The van der Waals surface area contributed by atoms with Crippen LogP contribution in [-0.4, -0.2) is 50.5 Å². The van der Waals surface area contributed by atoms with Crippen LogP contribution in [0.25, 0.3) is 0 Å². The van der Waals surface area contributed by atoms with E-state index in [0.29, 0.717) is 44.7 Å². The highest BCUT2D eigenvalue weighted by molar-refractivity contribution is 7.90. The zero-order chi connectivity index (χ0) is 31.7. The lowest BCUT2D eigenvalue weighted by Gasteiger charge is -2.52. The van der Waals surface area contributed by atoms with E-state index in [4.69, 9.17) is 16.3 Å². The van der Waals surface area contributed by atoms with Crippen LogP contribution in [0, 0.1) is 11.3 Å². The number of ether oxygens (including phenoxy) is 1. The van der Waals surface area contributed by atoms with Crippen molar-refractivity contribution in [2.45, 2.75) is 82.0 Å². The summed E-state index contributed by atoms with van der Waals surface area (Å²) in [4.78, 5) is 15.7. The number of fused-ring (bicyclic) bond motifs is 3. The molecule has 9 heteroatoms. The first kappa shape index (κ1) is 32.6. The molecule has 44 heavy (non-hydrogen) atoms. The van der Waals surface area contributed by atoms with Gasteiger partial charge in [0.1, 0.15) is 5.75 Å². The fourth-order valence-corrected chi connectivity index (χ4v) is 9.06. The van der Waals surface area contributed by atoms with Crippen molar-refractivity contribution >= 4 is 33.2 Å². The number of anilines is 1. The number of carbonyl (C=O) groups excluding carboxylic acids is 1. The summed E-state index contributed by atoms with van der Waals surface area (Å²) in [6.45, 7) is 13.2. The van der Waals surface area contributed by atoms with Crippen LogP contribution in [-0.2, 0) is 21.9 Å². The average Bonchev–Trinajstić information content (AvgIpc) is 3.15. The SMILES string of the molecule is C=CCCC(CC)S(=O)(=O)NC(=O)c1ccc2c(c1)N(C[C@H]1CC[C@]1(C)C(O)C=C)C[C@@]1(CCCc3cc(Cl)ccc31)CO2. The van der Waals surface area contributed by atoms with E-state index in [-0.39, 0.29) is 22.3 Å². The zero-order valence-corrected chi connectivity index (χ0v) is 27.4. The minimum atomic E-state index is -3.88. The maximum atomic E-state index is 13.4. The van der Waals surface area contributed by atoms with Gasteiger partial charge in [-0.05, 0) is 98.7 Å². The minimum Gasteiger partial charge on any atom is -0.490 e. The molecule has 2 aromatic rings. The number of halogens is 1. The largest absolute Gasteiger partial charge is 0.490 e. The summed E-state index contributed by atoms with van der Waals surface area (Å²) in [5.74, 6) is 0.196. The van der Waals surface area contributed by atoms with E-state index < -0.39 is 27.3 Å². The number of nitrogens with one attached hydrogen (secondary N) is 1. The summed E-state index contributed by atoms with van der Waals surface area (Å²) in [7, 11) is -3.88. The number of aliphatic hydroxyl groups is 1. The Labute approximate surface area is 267 Å². The monoisotopic (exact) mass is 640 g/mol. The Balaban J connectivity index is 1.51. The highest BCUT2D eigenvalue weighted by Gasteiger charge is 2.49. The number of aliphatic hydroxyl groups excluding tert-OH is 1. The van der Waals surface area contributed by atoms with Gasteiger partial charge >= 0.3 is 0 Å². The van der Waals surface area contributed by atoms with Crippen LogP contribution in [0.3, 0.4) is 0 Å². The maximum absolute atomic E-state index is 13.4. The number of sulfonamides is 1. The number of benzene rings is 2. The van der Waals surface area contributed by atoms with Gasteiger partial charge in [-0.2, -0.15) is 0 Å². The maximum Gasteiger partial charge on any atom is 0.264 e. The molecule has 2 aromatic carbocycles. The Bertz CT molecular complexity index is 1530. The van der Waals surface area contributed by atoms with Crippen molar-refractivity contribution in [2.75, 3.05) is 24.6 Å². The van der Waals surface area contributed by atoms with Crippen LogP contribution in [0.5, 0.6) is 5.75 Å². The van der Waals surface area contributed by atoms with E-state index in [1.807, 2.05) is 6.07 Å². The molecule has 1 heterocycles. The molecule has 5 rings (SSSR count). The molecule has 238 valence electrons. The summed E-state index contributed by atoms with van der Waals surface area (Å²) in [5.41, 5.74) is 2.90. The highest BCUT2D eigenvalue weighted by Crippen LogP contribution is 2.52. The van der Waals surface area contributed by atoms with Crippen LogP contribution < -0.4 is 14.4 Å². The first-order valence-corrected chi connectivity index (χ1v) is 17.7. The third-order valence-electron chi connectivity index (χ3n) is 10.4. The molecule has 3 aliphatic rings. The molecule has 1 saturated carbocycles. The molecule has 7 nitrogen and oxygen atoms in total. The minimum absolute atomic E-state index is 0.194. The van der Waals surface area contributed by atoms with Gasteiger partial charge in [0.25, 0.3) is 5.91 Å². The molecule has 0 saturated heterocycles. The highest BCUT2D eigenvalue weighted by atomic mass is 35.5. The lowest BCUT2D eigenvalue weighted by Crippen LogP contribution is -2.53. The van der Waals surface area contributed by atoms with E-state index in [1.165, 1.54) is 11.1 Å². The molecular formula is C35H45ClN2O5S. The topological polar surface area (TPSA) is 95.9 Å². The summed E-state index contributed by atoms with van der Waals surface area (Å²) in [6.07, 6.45) is 8.82. The van der Waals surface area contributed by atoms with Gasteiger partial charge < -0.3 is 14.7 Å². The summed E-state index contributed by atoms with van der Waals surface area (Å²) < 4.78 is 35.1. The Morgan fingerprint density at radius 2 is 2.05 bits per heavy atom. The number of carbonyl (C=O) groups is 1. The van der Waals surface area contributed by atoms with E-state index in [1.54, 1.807) is 37.3 Å². The van der Waals surface area contributed by atoms with Gasteiger partial charge in [0, 0.05) is 34.5 Å². The normalized spacial score (nSPS) is 25.8. The Hall–Kier alpha value is -2.81. The molecule has 0 radical (unpaired) electrons. The van der Waals surface area contributed by atoms with Crippen molar-refractivity contribution in [2.24, 2.45) is 11.3 Å². The second-order valence-electron chi connectivity index (χ2n) is 13.1.